The summed E-state index contributed by atoms with van der Waals surface area (Å²) < 4.78 is 7.40. The van der Waals surface area contributed by atoms with E-state index in [2.05, 4.69) is 261 Å². The average Bonchev–Trinajstić information content (AvgIpc) is 4.34. The zero-order chi connectivity index (χ0) is 49.4. The van der Waals surface area contributed by atoms with Gasteiger partial charge in [0.2, 0.25) is 0 Å². The highest BCUT2D eigenvalue weighted by molar-refractivity contribution is 6.02. The molecule has 0 bridgehead atoms. The van der Waals surface area contributed by atoms with Crippen LogP contribution in [-0.2, 0) is 16.2 Å². The van der Waals surface area contributed by atoms with Crippen molar-refractivity contribution >= 4 is 38.5 Å². The zero-order valence-corrected chi connectivity index (χ0v) is 41.7. The van der Waals surface area contributed by atoms with Crippen LogP contribution in [0.15, 0.2) is 248 Å². The van der Waals surface area contributed by atoms with Gasteiger partial charge >= 0.3 is 0 Å². The summed E-state index contributed by atoms with van der Waals surface area (Å²) in [6.45, 7) is 4.77. The van der Waals surface area contributed by atoms with Gasteiger partial charge in [-0.25, -0.2) is 0 Å². The Hall–Kier alpha value is -8.98. The fourth-order valence-electron chi connectivity index (χ4n) is 15.5. The molecule has 0 radical (unpaired) electrons. The molecule has 11 aromatic carbocycles. The van der Waals surface area contributed by atoms with Gasteiger partial charge in [0.15, 0.2) is 0 Å². The number of fused-ring (bicyclic) bond motifs is 25. The van der Waals surface area contributed by atoms with Gasteiger partial charge in [0.1, 0.15) is 11.5 Å². The van der Waals surface area contributed by atoms with Crippen LogP contribution in [0.25, 0.3) is 60.5 Å². The molecule has 1 unspecified atom stereocenters. The monoisotopic (exact) mass is 955 g/mol. The maximum Gasteiger partial charge on any atom is 0.140 e. The molecule has 2 nitrogen and oxygen atoms in total. The van der Waals surface area contributed by atoms with Crippen molar-refractivity contribution in [1.29, 1.82) is 0 Å². The molecule has 2 heteroatoms. The van der Waals surface area contributed by atoms with E-state index in [1.54, 1.807) is 0 Å². The first kappa shape index (κ1) is 41.5. The smallest absolute Gasteiger partial charge is 0.140 e. The molecule has 17 rings (SSSR count). The van der Waals surface area contributed by atoms with Crippen LogP contribution in [-0.4, -0.2) is 6.04 Å². The molecule has 0 saturated heterocycles. The van der Waals surface area contributed by atoms with Crippen molar-refractivity contribution in [1.82, 2.24) is 0 Å². The van der Waals surface area contributed by atoms with Gasteiger partial charge in [-0.15, -0.1) is 0 Å². The molecule has 352 valence electrons. The predicted octanol–water partition coefficient (Wildman–Crippen LogP) is 18.0. The summed E-state index contributed by atoms with van der Waals surface area (Å²) in [5, 5.41) is 4.57. The Balaban J connectivity index is 0.968. The lowest BCUT2D eigenvalue weighted by Crippen LogP contribution is -2.35. The third-order valence-electron chi connectivity index (χ3n) is 18.5. The highest BCUT2D eigenvalue weighted by Gasteiger charge is 2.55. The van der Waals surface area contributed by atoms with E-state index in [0.717, 1.165) is 28.7 Å². The number of nitrogens with zero attached hydrogens (tertiary/aromatic N) is 1. The number of ether oxygens (including phenoxy) is 1. The average molecular weight is 956 g/mol. The molecule has 1 heterocycles. The van der Waals surface area contributed by atoms with E-state index in [9.17, 15) is 0 Å². The van der Waals surface area contributed by atoms with Crippen molar-refractivity contribution in [2.45, 2.75) is 42.6 Å². The molecule has 0 saturated carbocycles. The Morgan fingerprint density at radius 2 is 0.813 bits per heavy atom. The number of allylic oxidation sites excluding steroid dienone is 2. The van der Waals surface area contributed by atoms with Gasteiger partial charge in [-0.2, -0.15) is 0 Å². The number of hydrogen-bond donors (Lipinski definition) is 0. The van der Waals surface area contributed by atoms with Crippen LogP contribution in [0.2, 0.25) is 0 Å². The molecule has 0 amide bonds. The standard InChI is InChI=1S/C73H49NO/c1-71(2)57-27-12-7-25-53(57)56-42-46(37-41-58(56)71)74(67-33-17-32-63-68(67)55-26-11-16-31-62(55)72(63)59-28-13-8-22-50(59)51-23-9-14-29-60(51)72)47-36-38-54-52-24-10-15-30-61(52)73(66(54)43-47)64-39-34-44-18-3-5-20-48(44)69(64)75-70-49-21-6-4-19-45(49)35-40-65(70)73/h3-32,34-43,67H,33H2,1-2H3. The van der Waals surface area contributed by atoms with E-state index in [1.807, 2.05) is 0 Å². The van der Waals surface area contributed by atoms with Gasteiger partial charge in [0, 0.05) is 38.7 Å². The molecular formula is C73H49NO. The molecule has 6 aliphatic rings. The highest BCUT2D eigenvalue weighted by atomic mass is 16.5. The molecule has 75 heavy (non-hydrogen) atoms. The molecule has 2 spiro atoms. The van der Waals surface area contributed by atoms with Crippen molar-refractivity contribution in [2.24, 2.45) is 0 Å². The van der Waals surface area contributed by atoms with Crippen molar-refractivity contribution in [3.05, 3.63) is 304 Å². The molecule has 0 N–H and O–H groups in total. The molecule has 0 aromatic heterocycles. The lowest BCUT2D eigenvalue weighted by Gasteiger charge is -2.41. The molecule has 1 atom stereocenters. The second-order valence-electron chi connectivity index (χ2n) is 22.1. The van der Waals surface area contributed by atoms with Crippen LogP contribution in [0.4, 0.5) is 11.4 Å². The summed E-state index contributed by atoms with van der Waals surface area (Å²) in [6.07, 6.45) is 5.81. The summed E-state index contributed by atoms with van der Waals surface area (Å²) in [4.78, 5) is 2.73. The Kier molecular flexibility index (Phi) is 8.09. The van der Waals surface area contributed by atoms with Crippen molar-refractivity contribution < 1.29 is 4.74 Å². The lowest BCUT2D eigenvalue weighted by atomic mass is 9.65. The number of benzene rings is 11. The van der Waals surface area contributed by atoms with Crippen LogP contribution in [0.3, 0.4) is 0 Å². The van der Waals surface area contributed by atoms with Gasteiger partial charge in [-0.3, -0.25) is 0 Å². The molecule has 0 fully saturated rings. The molecular weight excluding hydrogens is 907 g/mol. The summed E-state index contributed by atoms with van der Waals surface area (Å²) in [5.74, 6) is 1.86. The Bertz CT molecular complexity index is 4300. The summed E-state index contributed by atoms with van der Waals surface area (Å²) in [7, 11) is 0. The van der Waals surface area contributed by atoms with Gasteiger partial charge in [-0.05, 0) is 130 Å². The number of rotatable bonds is 3. The number of anilines is 2. The highest BCUT2D eigenvalue weighted by Crippen LogP contribution is 2.67. The predicted molar refractivity (Wildman–Crippen MR) is 308 cm³/mol. The first-order chi connectivity index (χ1) is 37.0. The van der Waals surface area contributed by atoms with Crippen molar-refractivity contribution in [3.8, 4) is 44.9 Å². The van der Waals surface area contributed by atoms with E-state index in [4.69, 9.17) is 4.74 Å². The summed E-state index contributed by atoms with van der Waals surface area (Å²) in [5.41, 5.74) is 24.8. The quantitative estimate of drug-likeness (QED) is 0.175. The van der Waals surface area contributed by atoms with Gasteiger partial charge < -0.3 is 9.64 Å². The van der Waals surface area contributed by atoms with Gasteiger partial charge in [-0.1, -0.05) is 232 Å². The van der Waals surface area contributed by atoms with E-state index in [0.29, 0.717) is 0 Å². The molecule has 11 aromatic rings. The van der Waals surface area contributed by atoms with Crippen LogP contribution in [0, 0.1) is 0 Å². The van der Waals surface area contributed by atoms with E-state index in [-0.39, 0.29) is 11.5 Å². The lowest BCUT2D eigenvalue weighted by molar-refractivity contribution is 0.447. The molecule has 5 aliphatic carbocycles. The van der Waals surface area contributed by atoms with Gasteiger partial charge in [0.05, 0.1) is 16.9 Å². The maximum atomic E-state index is 7.40. The van der Waals surface area contributed by atoms with E-state index < -0.39 is 10.8 Å². The second-order valence-corrected chi connectivity index (χ2v) is 22.1. The SMILES string of the molecule is CC1(C)c2ccccc2-c2cc(N(c3ccc4c(c3)C3(c5ccccc5-4)c4ccc5ccccc5c4Oc4c3ccc3ccccc43)C3CC=CC4=C3c3ccccc3C43c4ccccc4-c4ccccc43)ccc21. The second kappa shape index (κ2) is 14.6. The fraction of sp³-hybridized carbons (Fsp3) is 0.0959. The van der Waals surface area contributed by atoms with Crippen LogP contribution < -0.4 is 9.64 Å². The first-order valence-electron chi connectivity index (χ1n) is 26.7. The first-order valence-corrected chi connectivity index (χ1v) is 26.7. The normalized spacial score (nSPS) is 17.3. The minimum absolute atomic E-state index is 0.0481. The Morgan fingerprint density at radius 3 is 1.43 bits per heavy atom. The van der Waals surface area contributed by atoms with E-state index in [1.165, 1.54) is 122 Å². The van der Waals surface area contributed by atoms with Crippen LogP contribution in [0.1, 0.15) is 75.9 Å². The minimum Gasteiger partial charge on any atom is -0.455 e. The molecule has 1 aliphatic heterocycles. The third-order valence-corrected chi connectivity index (χ3v) is 18.5. The maximum absolute atomic E-state index is 7.40. The fourth-order valence-corrected chi connectivity index (χ4v) is 15.5. The largest absolute Gasteiger partial charge is 0.455 e. The third kappa shape index (κ3) is 5.05. The summed E-state index contributed by atoms with van der Waals surface area (Å²) in [6, 6.07) is 87.5. The van der Waals surface area contributed by atoms with Crippen molar-refractivity contribution in [3.63, 3.8) is 0 Å². The Labute approximate surface area is 437 Å². The van der Waals surface area contributed by atoms with Crippen LogP contribution in [0.5, 0.6) is 11.5 Å². The zero-order valence-electron chi connectivity index (χ0n) is 41.7. The van der Waals surface area contributed by atoms with Gasteiger partial charge in [0.25, 0.3) is 0 Å². The topological polar surface area (TPSA) is 12.5 Å². The minimum atomic E-state index is -0.691. The van der Waals surface area contributed by atoms with E-state index >= 15 is 0 Å². The Morgan fingerprint density at radius 1 is 0.373 bits per heavy atom. The number of hydrogen-bond acceptors (Lipinski definition) is 2. The summed E-state index contributed by atoms with van der Waals surface area (Å²) >= 11 is 0. The van der Waals surface area contributed by atoms with Crippen LogP contribution >= 0.6 is 0 Å². The van der Waals surface area contributed by atoms with Crippen molar-refractivity contribution in [2.75, 3.05) is 4.90 Å².